The van der Waals surface area contributed by atoms with Gasteiger partial charge in [0.2, 0.25) is 0 Å². The smallest absolute Gasteiger partial charge is 0.254 e. The van der Waals surface area contributed by atoms with Crippen molar-refractivity contribution in [3.8, 4) is 0 Å². The Kier molecular flexibility index (Phi) is 5.61. The van der Waals surface area contributed by atoms with E-state index in [1.165, 1.54) is 5.56 Å². The Morgan fingerprint density at radius 3 is 2.39 bits per heavy atom. The molecule has 0 aliphatic heterocycles. The molecule has 23 heavy (non-hydrogen) atoms. The number of furan rings is 1. The highest BCUT2D eigenvalue weighted by molar-refractivity contribution is 5.94. The van der Waals surface area contributed by atoms with E-state index in [0.717, 1.165) is 5.76 Å². The van der Waals surface area contributed by atoms with Gasteiger partial charge in [-0.3, -0.25) is 4.79 Å². The lowest BCUT2D eigenvalue weighted by molar-refractivity contribution is 0.0666. The fraction of sp³-hybridized carbons (Fsp3) is 0.421. The van der Waals surface area contributed by atoms with Crippen LogP contribution in [0.3, 0.4) is 0 Å². The monoisotopic (exact) mass is 315 g/mol. The first kappa shape index (κ1) is 17.3. The van der Waals surface area contributed by atoms with Crippen molar-refractivity contribution < 1.29 is 13.9 Å². The Hall–Kier alpha value is -2.07. The van der Waals surface area contributed by atoms with Gasteiger partial charge in [0.05, 0.1) is 19.4 Å². The van der Waals surface area contributed by atoms with Crippen LogP contribution < -0.4 is 0 Å². The zero-order valence-corrected chi connectivity index (χ0v) is 14.3. The summed E-state index contributed by atoms with van der Waals surface area (Å²) in [6.07, 6.45) is 1.62. The van der Waals surface area contributed by atoms with Gasteiger partial charge in [-0.05, 0) is 35.2 Å². The molecule has 0 aliphatic carbocycles. The maximum atomic E-state index is 12.8. The van der Waals surface area contributed by atoms with E-state index in [-0.39, 0.29) is 11.3 Å². The third-order valence-corrected chi connectivity index (χ3v) is 3.78. The molecule has 2 aromatic rings. The number of ether oxygens (including phenoxy) is 1. The SMILES string of the molecule is COCCN(Cc1ccco1)C(=O)c1ccc(C(C)(C)C)cc1. The maximum Gasteiger partial charge on any atom is 0.254 e. The number of nitrogens with zero attached hydrogens (tertiary/aromatic N) is 1. The van der Waals surface area contributed by atoms with Crippen LogP contribution in [-0.4, -0.2) is 31.1 Å². The van der Waals surface area contributed by atoms with Gasteiger partial charge >= 0.3 is 0 Å². The van der Waals surface area contributed by atoms with Crippen LogP contribution in [0.25, 0.3) is 0 Å². The lowest BCUT2D eigenvalue weighted by Crippen LogP contribution is -2.33. The molecule has 1 aromatic heterocycles. The predicted molar refractivity (Wildman–Crippen MR) is 90.5 cm³/mol. The summed E-state index contributed by atoms with van der Waals surface area (Å²) in [7, 11) is 1.63. The van der Waals surface area contributed by atoms with Gasteiger partial charge in [0, 0.05) is 19.2 Å². The van der Waals surface area contributed by atoms with E-state index < -0.39 is 0 Å². The van der Waals surface area contributed by atoms with Crippen LogP contribution in [0.1, 0.15) is 42.5 Å². The van der Waals surface area contributed by atoms with Gasteiger partial charge in [-0.15, -0.1) is 0 Å². The second-order valence-corrected chi connectivity index (χ2v) is 6.63. The van der Waals surface area contributed by atoms with Crippen molar-refractivity contribution in [3.05, 3.63) is 59.5 Å². The van der Waals surface area contributed by atoms with Crippen LogP contribution in [0.4, 0.5) is 0 Å². The molecule has 124 valence electrons. The highest BCUT2D eigenvalue weighted by atomic mass is 16.5. The molecule has 0 N–H and O–H groups in total. The zero-order valence-electron chi connectivity index (χ0n) is 14.3. The third-order valence-electron chi connectivity index (χ3n) is 3.78. The van der Waals surface area contributed by atoms with Crippen molar-refractivity contribution in [2.45, 2.75) is 32.7 Å². The van der Waals surface area contributed by atoms with E-state index in [1.807, 2.05) is 36.4 Å². The number of carbonyl (C=O) groups is 1. The molecule has 0 spiro atoms. The van der Waals surface area contributed by atoms with Gasteiger partial charge < -0.3 is 14.1 Å². The molecule has 0 saturated carbocycles. The van der Waals surface area contributed by atoms with Crippen molar-refractivity contribution in [2.24, 2.45) is 0 Å². The predicted octanol–water partition coefficient (Wildman–Crippen LogP) is 3.87. The van der Waals surface area contributed by atoms with Crippen LogP contribution >= 0.6 is 0 Å². The van der Waals surface area contributed by atoms with Gasteiger partial charge in [-0.25, -0.2) is 0 Å². The van der Waals surface area contributed by atoms with Gasteiger partial charge in [0.25, 0.3) is 5.91 Å². The zero-order chi connectivity index (χ0) is 16.9. The molecule has 4 heteroatoms. The fourth-order valence-electron chi connectivity index (χ4n) is 2.34. The molecule has 0 bridgehead atoms. The van der Waals surface area contributed by atoms with Gasteiger partial charge in [0.15, 0.2) is 0 Å². The lowest BCUT2D eigenvalue weighted by Gasteiger charge is -2.23. The molecule has 0 unspecified atom stereocenters. The van der Waals surface area contributed by atoms with Gasteiger partial charge in [0.1, 0.15) is 5.76 Å². The maximum absolute atomic E-state index is 12.8. The minimum atomic E-state index is -0.0149. The van der Waals surface area contributed by atoms with Gasteiger partial charge in [-0.2, -0.15) is 0 Å². The summed E-state index contributed by atoms with van der Waals surface area (Å²) >= 11 is 0. The summed E-state index contributed by atoms with van der Waals surface area (Å²) in [5, 5.41) is 0. The van der Waals surface area contributed by atoms with E-state index in [1.54, 1.807) is 18.3 Å². The number of hydrogen-bond donors (Lipinski definition) is 0. The number of rotatable bonds is 6. The third kappa shape index (κ3) is 4.70. The number of benzene rings is 1. The molecule has 1 amide bonds. The number of hydrogen-bond acceptors (Lipinski definition) is 3. The van der Waals surface area contributed by atoms with E-state index in [0.29, 0.717) is 25.3 Å². The molecule has 0 atom stereocenters. The molecule has 0 saturated heterocycles. The Morgan fingerprint density at radius 2 is 1.87 bits per heavy atom. The van der Waals surface area contributed by atoms with Crippen LogP contribution in [0.5, 0.6) is 0 Å². The Bertz CT molecular complexity index is 609. The highest BCUT2D eigenvalue weighted by Gasteiger charge is 2.19. The molecular formula is C19H25NO3. The summed E-state index contributed by atoms with van der Waals surface area (Å²) in [4.78, 5) is 14.5. The van der Waals surface area contributed by atoms with Crippen LogP contribution in [0.15, 0.2) is 47.1 Å². The second-order valence-electron chi connectivity index (χ2n) is 6.63. The van der Waals surface area contributed by atoms with Crippen LogP contribution in [-0.2, 0) is 16.7 Å². The quantitative estimate of drug-likeness (QED) is 0.813. The topological polar surface area (TPSA) is 42.7 Å². The first-order valence-electron chi connectivity index (χ1n) is 7.83. The minimum absolute atomic E-state index is 0.0149. The van der Waals surface area contributed by atoms with Crippen molar-refractivity contribution in [1.82, 2.24) is 4.90 Å². The first-order chi connectivity index (χ1) is 10.9. The Labute approximate surface area is 138 Å². The molecule has 0 fully saturated rings. The summed E-state index contributed by atoms with van der Waals surface area (Å²) < 4.78 is 10.5. The molecule has 0 aliphatic rings. The molecular weight excluding hydrogens is 290 g/mol. The molecule has 4 nitrogen and oxygen atoms in total. The summed E-state index contributed by atoms with van der Waals surface area (Å²) in [5.41, 5.74) is 1.97. The van der Waals surface area contributed by atoms with Crippen LogP contribution in [0.2, 0.25) is 0 Å². The Balaban J connectivity index is 2.15. The molecule has 1 aromatic carbocycles. The second kappa shape index (κ2) is 7.47. The average Bonchev–Trinajstić information content (AvgIpc) is 3.03. The standard InChI is InChI=1S/C19H25NO3/c1-19(2,3)16-9-7-15(8-10-16)18(21)20(11-13-22-4)14-17-6-5-12-23-17/h5-10,12H,11,13-14H2,1-4H3. The van der Waals surface area contributed by atoms with E-state index in [4.69, 9.17) is 9.15 Å². The van der Waals surface area contributed by atoms with Crippen molar-refractivity contribution in [2.75, 3.05) is 20.3 Å². The summed E-state index contributed by atoms with van der Waals surface area (Å²) in [5.74, 6) is 0.750. The lowest BCUT2D eigenvalue weighted by atomic mass is 9.86. The largest absolute Gasteiger partial charge is 0.467 e. The van der Waals surface area contributed by atoms with Crippen LogP contribution in [0, 0.1) is 0 Å². The minimum Gasteiger partial charge on any atom is -0.467 e. The normalized spacial score (nSPS) is 11.5. The molecule has 0 radical (unpaired) electrons. The van der Waals surface area contributed by atoms with Gasteiger partial charge in [-0.1, -0.05) is 32.9 Å². The number of carbonyl (C=O) groups excluding carboxylic acids is 1. The number of methoxy groups -OCH3 is 1. The highest BCUT2D eigenvalue weighted by Crippen LogP contribution is 2.22. The first-order valence-corrected chi connectivity index (χ1v) is 7.83. The fourth-order valence-corrected chi connectivity index (χ4v) is 2.34. The van der Waals surface area contributed by atoms with Crippen molar-refractivity contribution in [1.29, 1.82) is 0 Å². The van der Waals surface area contributed by atoms with Crippen molar-refractivity contribution in [3.63, 3.8) is 0 Å². The van der Waals surface area contributed by atoms with E-state index in [2.05, 4.69) is 20.8 Å². The van der Waals surface area contributed by atoms with E-state index in [9.17, 15) is 4.79 Å². The van der Waals surface area contributed by atoms with Crippen molar-refractivity contribution >= 4 is 5.91 Å². The Morgan fingerprint density at radius 1 is 1.17 bits per heavy atom. The van der Waals surface area contributed by atoms with E-state index >= 15 is 0 Å². The molecule has 1 heterocycles. The number of amides is 1. The summed E-state index contributed by atoms with van der Waals surface area (Å²) in [6.45, 7) is 7.93. The average molecular weight is 315 g/mol. The summed E-state index contributed by atoms with van der Waals surface area (Å²) in [6, 6.07) is 11.5. The molecule has 2 rings (SSSR count).